The van der Waals surface area contributed by atoms with Gasteiger partial charge in [0.15, 0.2) is 0 Å². The fourth-order valence-corrected chi connectivity index (χ4v) is 2.03. The Labute approximate surface area is 105 Å². The molecule has 1 aromatic rings. The molecule has 0 unspecified atom stereocenters. The van der Waals surface area contributed by atoms with Crippen LogP contribution < -0.4 is 21.7 Å². The van der Waals surface area contributed by atoms with Crippen LogP contribution in [0.2, 0.25) is 0 Å². The minimum Gasteiger partial charge on any atom is -0.399 e. The lowest BCUT2D eigenvalue weighted by Crippen LogP contribution is -2.30. The second-order valence-corrected chi connectivity index (χ2v) is 4.23. The number of amides is 2. The molecule has 0 spiro atoms. The zero-order valence-electron chi connectivity index (χ0n) is 9.98. The molecule has 2 rings (SSSR count). The molecule has 1 heterocycles. The summed E-state index contributed by atoms with van der Waals surface area (Å²) in [4.78, 5) is 24.6. The first-order valence-corrected chi connectivity index (χ1v) is 5.79. The fourth-order valence-electron chi connectivity index (χ4n) is 2.03. The molecule has 0 aromatic heterocycles. The number of nitrogens with zero attached hydrogens (tertiary/aromatic N) is 1. The first-order valence-electron chi connectivity index (χ1n) is 5.79. The van der Waals surface area contributed by atoms with Crippen molar-refractivity contribution < 1.29 is 9.59 Å². The van der Waals surface area contributed by atoms with Gasteiger partial charge in [-0.2, -0.15) is 0 Å². The van der Waals surface area contributed by atoms with Crippen molar-refractivity contribution in [1.82, 2.24) is 5.32 Å². The Bertz CT molecular complexity index is 487. The van der Waals surface area contributed by atoms with Gasteiger partial charge in [-0.25, -0.2) is 0 Å². The normalized spacial score (nSPS) is 16.0. The monoisotopic (exact) mass is 248 g/mol. The van der Waals surface area contributed by atoms with Crippen molar-refractivity contribution in [2.75, 3.05) is 30.3 Å². The van der Waals surface area contributed by atoms with Crippen LogP contribution in [0.5, 0.6) is 0 Å². The molecule has 6 nitrogen and oxygen atoms in total. The van der Waals surface area contributed by atoms with Crippen LogP contribution >= 0.6 is 0 Å². The molecule has 1 fully saturated rings. The SMILES string of the molecule is NC(=O)c1ccc(N)cc1N1CCNC(=O)CC1. The maximum absolute atomic E-state index is 11.4. The number of hydrogen-bond acceptors (Lipinski definition) is 4. The number of anilines is 2. The molecule has 0 saturated carbocycles. The topological polar surface area (TPSA) is 101 Å². The van der Waals surface area contributed by atoms with Crippen molar-refractivity contribution >= 4 is 23.2 Å². The number of hydrogen-bond donors (Lipinski definition) is 3. The first kappa shape index (κ1) is 12.2. The summed E-state index contributed by atoms with van der Waals surface area (Å²) >= 11 is 0. The van der Waals surface area contributed by atoms with Crippen LogP contribution in [0.1, 0.15) is 16.8 Å². The first-order chi connectivity index (χ1) is 8.58. The molecule has 1 aliphatic rings. The summed E-state index contributed by atoms with van der Waals surface area (Å²) in [6.07, 6.45) is 0.396. The van der Waals surface area contributed by atoms with Gasteiger partial charge in [0.2, 0.25) is 5.91 Å². The van der Waals surface area contributed by atoms with Gasteiger partial charge in [0.25, 0.3) is 5.91 Å². The molecule has 0 bridgehead atoms. The Kier molecular flexibility index (Phi) is 3.36. The van der Waals surface area contributed by atoms with Gasteiger partial charge in [-0.3, -0.25) is 9.59 Å². The third-order valence-electron chi connectivity index (χ3n) is 2.94. The van der Waals surface area contributed by atoms with E-state index in [0.29, 0.717) is 43.0 Å². The maximum Gasteiger partial charge on any atom is 0.250 e. The summed E-state index contributed by atoms with van der Waals surface area (Å²) in [6, 6.07) is 4.98. The van der Waals surface area contributed by atoms with E-state index in [1.54, 1.807) is 18.2 Å². The Morgan fingerprint density at radius 3 is 2.83 bits per heavy atom. The summed E-state index contributed by atoms with van der Waals surface area (Å²) in [5.41, 5.74) is 12.8. The van der Waals surface area contributed by atoms with E-state index in [4.69, 9.17) is 11.5 Å². The predicted molar refractivity (Wildman–Crippen MR) is 69.2 cm³/mol. The molecule has 1 saturated heterocycles. The summed E-state index contributed by atoms with van der Waals surface area (Å²) in [6.45, 7) is 1.73. The van der Waals surface area contributed by atoms with Crippen molar-refractivity contribution in [1.29, 1.82) is 0 Å². The van der Waals surface area contributed by atoms with Crippen LogP contribution in [-0.4, -0.2) is 31.4 Å². The lowest BCUT2D eigenvalue weighted by Gasteiger charge is -2.24. The fraction of sp³-hybridized carbons (Fsp3) is 0.333. The van der Waals surface area contributed by atoms with Crippen LogP contribution in [0.15, 0.2) is 18.2 Å². The second-order valence-electron chi connectivity index (χ2n) is 4.23. The molecule has 96 valence electrons. The average Bonchev–Trinajstić information content (AvgIpc) is 2.53. The summed E-state index contributed by atoms with van der Waals surface area (Å²) < 4.78 is 0. The van der Waals surface area contributed by atoms with Gasteiger partial charge >= 0.3 is 0 Å². The van der Waals surface area contributed by atoms with Crippen molar-refractivity contribution in [2.45, 2.75) is 6.42 Å². The molecule has 18 heavy (non-hydrogen) atoms. The summed E-state index contributed by atoms with van der Waals surface area (Å²) in [5.74, 6) is -0.476. The van der Waals surface area contributed by atoms with E-state index in [1.165, 1.54) is 0 Å². The molecule has 6 heteroatoms. The van der Waals surface area contributed by atoms with E-state index in [-0.39, 0.29) is 5.91 Å². The minimum absolute atomic E-state index is 0.0158. The highest BCUT2D eigenvalue weighted by atomic mass is 16.2. The second kappa shape index (κ2) is 4.95. The Morgan fingerprint density at radius 1 is 1.33 bits per heavy atom. The largest absolute Gasteiger partial charge is 0.399 e. The van der Waals surface area contributed by atoms with E-state index in [1.807, 2.05) is 4.90 Å². The number of nitrogens with one attached hydrogen (secondary N) is 1. The Hall–Kier alpha value is -2.24. The average molecular weight is 248 g/mol. The van der Waals surface area contributed by atoms with Gasteiger partial charge in [0, 0.05) is 31.7 Å². The maximum atomic E-state index is 11.4. The van der Waals surface area contributed by atoms with E-state index in [9.17, 15) is 9.59 Å². The molecule has 1 aromatic carbocycles. The third kappa shape index (κ3) is 2.53. The molecule has 0 radical (unpaired) electrons. The van der Waals surface area contributed by atoms with Crippen molar-refractivity contribution in [3.05, 3.63) is 23.8 Å². The summed E-state index contributed by atoms with van der Waals surface area (Å²) in [7, 11) is 0. The van der Waals surface area contributed by atoms with E-state index in [2.05, 4.69) is 5.32 Å². The number of carbonyl (C=O) groups is 2. The highest BCUT2D eigenvalue weighted by molar-refractivity contribution is 5.99. The van der Waals surface area contributed by atoms with E-state index in [0.717, 1.165) is 0 Å². The smallest absolute Gasteiger partial charge is 0.250 e. The molecular formula is C12H16N4O2. The van der Waals surface area contributed by atoms with Gasteiger partial charge in [-0.1, -0.05) is 0 Å². The molecule has 2 amide bonds. The number of nitrogens with two attached hydrogens (primary N) is 2. The van der Waals surface area contributed by atoms with Gasteiger partial charge in [-0.15, -0.1) is 0 Å². The zero-order valence-corrected chi connectivity index (χ0v) is 9.98. The predicted octanol–water partition coefficient (Wildman–Crippen LogP) is -0.306. The van der Waals surface area contributed by atoms with Crippen LogP contribution in [0.25, 0.3) is 0 Å². The number of carbonyl (C=O) groups excluding carboxylic acids is 2. The molecular weight excluding hydrogens is 232 g/mol. The number of primary amides is 1. The Morgan fingerprint density at radius 2 is 2.11 bits per heavy atom. The minimum atomic E-state index is -0.492. The third-order valence-corrected chi connectivity index (χ3v) is 2.94. The van der Waals surface area contributed by atoms with Gasteiger partial charge < -0.3 is 21.7 Å². The van der Waals surface area contributed by atoms with Crippen LogP contribution in [0.3, 0.4) is 0 Å². The lowest BCUT2D eigenvalue weighted by molar-refractivity contribution is -0.120. The van der Waals surface area contributed by atoms with Gasteiger partial charge in [-0.05, 0) is 18.2 Å². The number of nitrogen functional groups attached to an aromatic ring is 1. The van der Waals surface area contributed by atoms with Gasteiger partial charge in [0.05, 0.1) is 11.3 Å². The Balaban J connectivity index is 2.33. The zero-order chi connectivity index (χ0) is 13.1. The molecule has 0 atom stereocenters. The van der Waals surface area contributed by atoms with E-state index >= 15 is 0 Å². The lowest BCUT2D eigenvalue weighted by atomic mass is 10.1. The van der Waals surface area contributed by atoms with Gasteiger partial charge in [0.1, 0.15) is 0 Å². The molecule has 0 aliphatic carbocycles. The van der Waals surface area contributed by atoms with Crippen molar-refractivity contribution in [3.63, 3.8) is 0 Å². The van der Waals surface area contributed by atoms with Crippen LogP contribution in [0, 0.1) is 0 Å². The van der Waals surface area contributed by atoms with Crippen molar-refractivity contribution in [2.24, 2.45) is 5.73 Å². The van der Waals surface area contributed by atoms with E-state index < -0.39 is 5.91 Å². The van der Waals surface area contributed by atoms with Crippen molar-refractivity contribution in [3.8, 4) is 0 Å². The number of rotatable bonds is 2. The van der Waals surface area contributed by atoms with Crippen LogP contribution in [0.4, 0.5) is 11.4 Å². The molecule has 1 aliphatic heterocycles. The summed E-state index contributed by atoms with van der Waals surface area (Å²) in [5, 5.41) is 2.78. The highest BCUT2D eigenvalue weighted by Crippen LogP contribution is 2.24. The number of benzene rings is 1. The quantitative estimate of drug-likeness (QED) is 0.625. The molecule has 5 N–H and O–H groups in total. The standard InChI is InChI=1S/C12H16N4O2/c13-8-1-2-9(12(14)18)10(7-8)16-5-3-11(17)15-4-6-16/h1-2,7H,3-6,13H2,(H2,14,18)(H,15,17). The highest BCUT2D eigenvalue weighted by Gasteiger charge is 2.18. The van der Waals surface area contributed by atoms with Crippen LogP contribution in [-0.2, 0) is 4.79 Å².